The predicted molar refractivity (Wildman–Crippen MR) is 70.8 cm³/mol. The molecule has 0 aliphatic rings. The summed E-state index contributed by atoms with van der Waals surface area (Å²) in [5, 5.41) is 2.54. The van der Waals surface area contributed by atoms with Crippen LogP contribution in [0.25, 0.3) is 0 Å². The van der Waals surface area contributed by atoms with Crippen LogP contribution in [0, 0.1) is 5.82 Å². The van der Waals surface area contributed by atoms with E-state index in [1.165, 1.54) is 12.1 Å². The summed E-state index contributed by atoms with van der Waals surface area (Å²) in [7, 11) is 1.84. The van der Waals surface area contributed by atoms with E-state index in [4.69, 9.17) is 5.73 Å². The number of halogens is 1. The molecule has 0 saturated heterocycles. The van der Waals surface area contributed by atoms with Gasteiger partial charge in [-0.3, -0.25) is 9.69 Å². The molecule has 0 spiro atoms. The van der Waals surface area contributed by atoms with Crippen LogP contribution in [0.4, 0.5) is 10.1 Å². The van der Waals surface area contributed by atoms with E-state index >= 15 is 0 Å². The van der Waals surface area contributed by atoms with Gasteiger partial charge in [-0.25, -0.2) is 4.39 Å². The zero-order chi connectivity index (χ0) is 13.5. The van der Waals surface area contributed by atoms with Crippen LogP contribution in [-0.4, -0.2) is 37.0 Å². The van der Waals surface area contributed by atoms with E-state index in [1.807, 2.05) is 18.9 Å². The summed E-state index contributed by atoms with van der Waals surface area (Å²) in [4.78, 5) is 13.5. The van der Waals surface area contributed by atoms with Crippen molar-refractivity contribution in [1.29, 1.82) is 0 Å². The quantitative estimate of drug-likeness (QED) is 0.806. The van der Waals surface area contributed by atoms with Gasteiger partial charge in [0.1, 0.15) is 5.82 Å². The Morgan fingerprint density at radius 3 is 2.78 bits per heavy atom. The lowest BCUT2D eigenvalue weighted by molar-refractivity contribution is -0.117. The molecule has 0 aliphatic carbocycles. The molecule has 18 heavy (non-hydrogen) atoms. The number of rotatable bonds is 6. The SMILES string of the molecule is CC(N)CCN(C)CC(=O)Nc1ccccc1F. The van der Waals surface area contributed by atoms with Gasteiger partial charge in [0.05, 0.1) is 12.2 Å². The van der Waals surface area contributed by atoms with Gasteiger partial charge in [0.25, 0.3) is 0 Å². The van der Waals surface area contributed by atoms with Gasteiger partial charge in [-0.2, -0.15) is 0 Å². The standard InChI is InChI=1S/C13H20FN3O/c1-10(15)7-8-17(2)9-13(18)16-12-6-4-3-5-11(12)14/h3-6,10H,7-9,15H2,1-2H3,(H,16,18). The summed E-state index contributed by atoms with van der Waals surface area (Å²) in [5.74, 6) is -0.656. The Hall–Kier alpha value is -1.46. The van der Waals surface area contributed by atoms with Crippen molar-refractivity contribution >= 4 is 11.6 Å². The molecule has 0 aromatic heterocycles. The fourth-order valence-corrected chi connectivity index (χ4v) is 1.50. The number of para-hydroxylation sites is 1. The highest BCUT2D eigenvalue weighted by Gasteiger charge is 2.09. The second kappa shape index (κ2) is 7.08. The van der Waals surface area contributed by atoms with Crippen LogP contribution >= 0.6 is 0 Å². The first-order valence-corrected chi connectivity index (χ1v) is 5.97. The topological polar surface area (TPSA) is 58.4 Å². The third-order valence-corrected chi connectivity index (χ3v) is 2.53. The molecule has 0 saturated carbocycles. The van der Waals surface area contributed by atoms with Crippen molar-refractivity contribution in [1.82, 2.24) is 4.90 Å². The van der Waals surface area contributed by atoms with Gasteiger partial charge in [-0.05, 0) is 39.1 Å². The molecular formula is C13H20FN3O. The molecule has 100 valence electrons. The summed E-state index contributed by atoms with van der Waals surface area (Å²) in [5.41, 5.74) is 5.85. The molecule has 1 amide bonds. The van der Waals surface area contributed by atoms with Gasteiger partial charge in [0.15, 0.2) is 0 Å². The monoisotopic (exact) mass is 253 g/mol. The maximum absolute atomic E-state index is 13.3. The van der Waals surface area contributed by atoms with Gasteiger partial charge in [0, 0.05) is 6.04 Å². The van der Waals surface area contributed by atoms with Gasteiger partial charge in [-0.15, -0.1) is 0 Å². The lowest BCUT2D eigenvalue weighted by Gasteiger charge is -2.17. The smallest absolute Gasteiger partial charge is 0.238 e. The number of carbonyl (C=O) groups is 1. The van der Waals surface area contributed by atoms with Crippen molar-refractivity contribution in [3.05, 3.63) is 30.1 Å². The number of nitrogens with one attached hydrogen (secondary N) is 1. The van der Waals surface area contributed by atoms with E-state index in [9.17, 15) is 9.18 Å². The van der Waals surface area contributed by atoms with Crippen LogP contribution < -0.4 is 11.1 Å². The minimum atomic E-state index is -0.427. The molecule has 0 aliphatic heterocycles. The number of nitrogens with zero attached hydrogens (tertiary/aromatic N) is 1. The summed E-state index contributed by atoms with van der Waals surface area (Å²) in [6.45, 7) is 2.89. The number of hydrogen-bond acceptors (Lipinski definition) is 3. The van der Waals surface area contributed by atoms with Gasteiger partial charge in [0.2, 0.25) is 5.91 Å². The molecule has 1 aromatic rings. The first-order valence-electron chi connectivity index (χ1n) is 5.97. The Morgan fingerprint density at radius 1 is 1.50 bits per heavy atom. The van der Waals surface area contributed by atoms with Crippen molar-refractivity contribution in [3.8, 4) is 0 Å². The van der Waals surface area contributed by atoms with Crippen LogP contribution in [0.5, 0.6) is 0 Å². The van der Waals surface area contributed by atoms with Crippen molar-refractivity contribution in [3.63, 3.8) is 0 Å². The number of amides is 1. The van der Waals surface area contributed by atoms with E-state index in [0.717, 1.165) is 13.0 Å². The summed E-state index contributed by atoms with van der Waals surface area (Å²) < 4.78 is 13.3. The minimum Gasteiger partial charge on any atom is -0.328 e. The Kier molecular flexibility index (Phi) is 5.74. The first-order chi connectivity index (χ1) is 8.49. The maximum atomic E-state index is 13.3. The molecule has 3 N–H and O–H groups in total. The predicted octanol–water partition coefficient (Wildman–Crippen LogP) is 1.43. The normalized spacial score (nSPS) is 12.5. The zero-order valence-electron chi connectivity index (χ0n) is 10.8. The number of likely N-dealkylation sites (N-methyl/N-ethyl adjacent to an activating group) is 1. The molecule has 4 nitrogen and oxygen atoms in total. The van der Waals surface area contributed by atoms with E-state index in [0.29, 0.717) is 0 Å². The molecule has 1 rings (SSSR count). The summed E-state index contributed by atoms with van der Waals surface area (Å²) in [6.07, 6.45) is 0.823. The first kappa shape index (κ1) is 14.6. The second-order valence-electron chi connectivity index (χ2n) is 4.53. The Labute approximate surface area is 107 Å². The van der Waals surface area contributed by atoms with Crippen molar-refractivity contribution < 1.29 is 9.18 Å². The third kappa shape index (κ3) is 5.25. The molecule has 0 fully saturated rings. The van der Waals surface area contributed by atoms with Crippen LogP contribution in [0.3, 0.4) is 0 Å². The van der Waals surface area contributed by atoms with Gasteiger partial charge in [-0.1, -0.05) is 12.1 Å². The number of nitrogens with two attached hydrogens (primary N) is 1. The lowest BCUT2D eigenvalue weighted by atomic mass is 10.2. The molecule has 1 atom stereocenters. The molecule has 0 heterocycles. The minimum absolute atomic E-state index is 0.113. The average molecular weight is 253 g/mol. The summed E-state index contributed by atoms with van der Waals surface area (Å²) in [6, 6.07) is 6.23. The number of hydrogen-bond donors (Lipinski definition) is 2. The highest BCUT2D eigenvalue weighted by molar-refractivity contribution is 5.92. The van der Waals surface area contributed by atoms with Crippen LogP contribution in [0.2, 0.25) is 0 Å². The second-order valence-corrected chi connectivity index (χ2v) is 4.53. The van der Waals surface area contributed by atoms with E-state index in [1.54, 1.807) is 12.1 Å². The molecule has 0 bridgehead atoms. The fraction of sp³-hybridized carbons (Fsp3) is 0.462. The molecule has 1 aromatic carbocycles. The molecule has 1 unspecified atom stereocenters. The van der Waals surface area contributed by atoms with Crippen molar-refractivity contribution in [2.24, 2.45) is 5.73 Å². The van der Waals surface area contributed by atoms with Crippen LogP contribution in [0.15, 0.2) is 24.3 Å². The Morgan fingerprint density at radius 2 is 2.17 bits per heavy atom. The Balaban J connectivity index is 2.40. The highest BCUT2D eigenvalue weighted by atomic mass is 19.1. The largest absolute Gasteiger partial charge is 0.328 e. The maximum Gasteiger partial charge on any atom is 0.238 e. The molecule has 0 radical (unpaired) electrons. The lowest BCUT2D eigenvalue weighted by Crippen LogP contribution is -2.33. The van der Waals surface area contributed by atoms with Crippen LogP contribution in [0.1, 0.15) is 13.3 Å². The third-order valence-electron chi connectivity index (χ3n) is 2.53. The van der Waals surface area contributed by atoms with Crippen molar-refractivity contribution in [2.75, 3.05) is 25.5 Å². The molecular weight excluding hydrogens is 233 g/mol. The van der Waals surface area contributed by atoms with E-state index in [2.05, 4.69) is 5.32 Å². The molecule has 5 heteroatoms. The number of benzene rings is 1. The highest BCUT2D eigenvalue weighted by Crippen LogP contribution is 2.11. The fourth-order valence-electron chi connectivity index (χ4n) is 1.50. The van der Waals surface area contributed by atoms with Crippen molar-refractivity contribution in [2.45, 2.75) is 19.4 Å². The van der Waals surface area contributed by atoms with Gasteiger partial charge >= 0.3 is 0 Å². The van der Waals surface area contributed by atoms with E-state index < -0.39 is 5.82 Å². The number of carbonyl (C=O) groups excluding carboxylic acids is 1. The van der Waals surface area contributed by atoms with Crippen LogP contribution in [-0.2, 0) is 4.79 Å². The summed E-state index contributed by atoms with van der Waals surface area (Å²) >= 11 is 0. The average Bonchev–Trinajstić information content (AvgIpc) is 2.29. The van der Waals surface area contributed by atoms with E-state index in [-0.39, 0.29) is 24.2 Å². The number of anilines is 1. The van der Waals surface area contributed by atoms with Gasteiger partial charge < -0.3 is 11.1 Å². The zero-order valence-corrected chi connectivity index (χ0v) is 10.8. The Bertz CT molecular complexity index is 396.